The van der Waals surface area contributed by atoms with Crippen molar-refractivity contribution >= 4 is 41.2 Å². The second-order valence-corrected chi connectivity index (χ2v) is 7.08. The van der Waals surface area contributed by atoms with E-state index < -0.39 is 11.8 Å². The van der Waals surface area contributed by atoms with Crippen LogP contribution in [0.2, 0.25) is 10.2 Å². The zero-order valence-corrected chi connectivity index (χ0v) is 16.3. The first-order valence-corrected chi connectivity index (χ1v) is 9.20. The zero-order valence-electron chi connectivity index (χ0n) is 14.8. The normalized spacial score (nSPS) is 13.6. The minimum absolute atomic E-state index is 0.339. The summed E-state index contributed by atoms with van der Waals surface area (Å²) in [5.41, 5.74) is 2.85. The SMILES string of the molecule is Cc1nn(Cc2ccc(Cl)cc2)c(Cl)c1C=NN1C(=O)c2ccccc2C1=O. The number of hydrazone groups is 1. The van der Waals surface area contributed by atoms with Gasteiger partial charge in [-0.15, -0.1) is 0 Å². The lowest BCUT2D eigenvalue weighted by molar-refractivity contribution is 0.0660. The van der Waals surface area contributed by atoms with Gasteiger partial charge in [0.1, 0.15) is 5.15 Å². The molecule has 140 valence electrons. The third-order valence-corrected chi connectivity index (χ3v) is 5.08. The van der Waals surface area contributed by atoms with Crippen LogP contribution < -0.4 is 0 Å². The maximum absolute atomic E-state index is 12.4. The number of fused-ring (bicyclic) bond motifs is 1. The number of nitrogens with zero attached hydrogens (tertiary/aromatic N) is 4. The third kappa shape index (κ3) is 3.21. The van der Waals surface area contributed by atoms with E-state index in [1.54, 1.807) is 48.0 Å². The second-order valence-electron chi connectivity index (χ2n) is 6.29. The summed E-state index contributed by atoms with van der Waals surface area (Å²) in [6, 6.07) is 14.0. The van der Waals surface area contributed by atoms with Crippen molar-refractivity contribution in [3.05, 3.63) is 86.7 Å². The molecule has 1 aliphatic rings. The van der Waals surface area contributed by atoms with Crippen LogP contribution in [0.3, 0.4) is 0 Å². The van der Waals surface area contributed by atoms with E-state index in [1.165, 1.54) is 6.21 Å². The maximum Gasteiger partial charge on any atom is 0.282 e. The minimum Gasteiger partial charge on any atom is -0.267 e. The van der Waals surface area contributed by atoms with E-state index in [0.29, 0.717) is 39.1 Å². The highest BCUT2D eigenvalue weighted by atomic mass is 35.5. The average Bonchev–Trinajstić information content (AvgIpc) is 3.09. The smallest absolute Gasteiger partial charge is 0.267 e. The molecule has 1 aromatic heterocycles. The highest BCUT2D eigenvalue weighted by molar-refractivity contribution is 6.32. The van der Waals surface area contributed by atoms with Crippen LogP contribution >= 0.6 is 23.2 Å². The van der Waals surface area contributed by atoms with Gasteiger partial charge in [-0.3, -0.25) is 9.59 Å². The fourth-order valence-corrected chi connectivity index (χ4v) is 3.39. The van der Waals surface area contributed by atoms with Crippen molar-refractivity contribution in [1.29, 1.82) is 0 Å². The van der Waals surface area contributed by atoms with E-state index in [0.717, 1.165) is 10.6 Å². The highest BCUT2D eigenvalue weighted by Crippen LogP contribution is 2.24. The fraction of sp³-hybridized carbons (Fsp3) is 0.100. The van der Waals surface area contributed by atoms with Crippen LogP contribution in [0.15, 0.2) is 53.6 Å². The molecule has 0 N–H and O–H groups in total. The summed E-state index contributed by atoms with van der Waals surface area (Å²) >= 11 is 12.4. The Morgan fingerprint density at radius 2 is 1.61 bits per heavy atom. The molecule has 2 aromatic carbocycles. The molecular formula is C20H14Cl2N4O2. The Labute approximate surface area is 171 Å². The van der Waals surface area contributed by atoms with Crippen LogP contribution in [-0.2, 0) is 6.54 Å². The lowest BCUT2D eigenvalue weighted by Crippen LogP contribution is -2.24. The van der Waals surface area contributed by atoms with Gasteiger partial charge in [-0.2, -0.15) is 15.2 Å². The van der Waals surface area contributed by atoms with Crippen molar-refractivity contribution in [1.82, 2.24) is 14.8 Å². The average molecular weight is 413 g/mol. The number of rotatable bonds is 4. The van der Waals surface area contributed by atoms with Crippen LogP contribution in [0.4, 0.5) is 0 Å². The Bertz CT molecular complexity index is 1080. The summed E-state index contributed by atoms with van der Waals surface area (Å²) in [4.78, 5) is 24.8. The Kier molecular flexibility index (Phi) is 4.75. The number of hydrogen-bond acceptors (Lipinski definition) is 4. The van der Waals surface area contributed by atoms with Crippen LogP contribution in [0.1, 0.15) is 37.5 Å². The Hall–Kier alpha value is -2.96. The number of aromatic nitrogens is 2. The van der Waals surface area contributed by atoms with Crippen molar-refractivity contribution in [3.8, 4) is 0 Å². The third-order valence-electron chi connectivity index (χ3n) is 4.43. The number of halogens is 2. The number of benzene rings is 2. The van der Waals surface area contributed by atoms with E-state index in [2.05, 4.69) is 10.2 Å². The molecule has 0 saturated heterocycles. The number of aryl methyl sites for hydroxylation is 1. The standard InChI is InChI=1S/C20H14Cl2N4O2/c1-12-17(18(22)25(24-12)11-13-6-8-14(21)9-7-13)10-23-26-19(27)15-4-2-3-5-16(15)20(26)28/h2-10H,11H2,1H3. The Morgan fingerprint density at radius 1 is 1.00 bits per heavy atom. The number of carbonyl (C=O) groups is 2. The number of carbonyl (C=O) groups excluding carboxylic acids is 2. The first-order chi connectivity index (χ1) is 13.5. The topological polar surface area (TPSA) is 67.6 Å². The van der Waals surface area contributed by atoms with E-state index in [1.807, 2.05) is 12.1 Å². The van der Waals surface area contributed by atoms with E-state index in [4.69, 9.17) is 23.2 Å². The van der Waals surface area contributed by atoms with Crippen molar-refractivity contribution in [2.45, 2.75) is 13.5 Å². The minimum atomic E-state index is -0.459. The van der Waals surface area contributed by atoms with Gasteiger partial charge >= 0.3 is 0 Å². The van der Waals surface area contributed by atoms with Gasteiger partial charge in [0.15, 0.2) is 0 Å². The summed E-state index contributed by atoms with van der Waals surface area (Å²) in [5, 5.41) is 10.4. The van der Waals surface area contributed by atoms with Gasteiger partial charge in [-0.1, -0.05) is 47.5 Å². The molecule has 0 spiro atoms. The first-order valence-electron chi connectivity index (χ1n) is 8.45. The molecular weight excluding hydrogens is 399 g/mol. The van der Waals surface area contributed by atoms with Crippen LogP contribution in [-0.4, -0.2) is 32.8 Å². The fourth-order valence-electron chi connectivity index (χ4n) is 2.98. The van der Waals surface area contributed by atoms with Gasteiger partial charge in [0, 0.05) is 5.02 Å². The predicted octanol–water partition coefficient (Wildman–Crippen LogP) is 4.18. The van der Waals surface area contributed by atoms with E-state index in [9.17, 15) is 9.59 Å². The Morgan fingerprint density at radius 3 is 2.21 bits per heavy atom. The number of amides is 2. The molecule has 4 rings (SSSR count). The summed E-state index contributed by atoms with van der Waals surface area (Å²) in [6.45, 7) is 2.24. The molecule has 2 amide bonds. The van der Waals surface area contributed by atoms with Crippen molar-refractivity contribution in [2.75, 3.05) is 0 Å². The lowest BCUT2D eigenvalue weighted by atomic mass is 10.1. The van der Waals surface area contributed by atoms with E-state index >= 15 is 0 Å². The lowest BCUT2D eigenvalue weighted by Gasteiger charge is -2.05. The quantitative estimate of drug-likeness (QED) is 0.476. The molecule has 28 heavy (non-hydrogen) atoms. The van der Waals surface area contributed by atoms with Gasteiger partial charge < -0.3 is 0 Å². The molecule has 0 saturated carbocycles. The van der Waals surface area contributed by atoms with Gasteiger partial charge in [0.25, 0.3) is 11.8 Å². The second kappa shape index (κ2) is 7.22. The number of hydrogen-bond donors (Lipinski definition) is 0. The monoisotopic (exact) mass is 412 g/mol. The summed E-state index contributed by atoms with van der Waals surface area (Å²) < 4.78 is 1.63. The van der Waals surface area contributed by atoms with Crippen molar-refractivity contribution < 1.29 is 9.59 Å². The Balaban J connectivity index is 1.59. The van der Waals surface area contributed by atoms with Crippen molar-refractivity contribution in [2.24, 2.45) is 5.10 Å². The van der Waals surface area contributed by atoms with Gasteiger partial charge in [-0.05, 0) is 36.8 Å². The van der Waals surface area contributed by atoms with Crippen LogP contribution in [0, 0.1) is 6.92 Å². The molecule has 0 unspecified atom stereocenters. The molecule has 2 heterocycles. The van der Waals surface area contributed by atoms with Crippen LogP contribution in [0.5, 0.6) is 0 Å². The van der Waals surface area contributed by atoms with Gasteiger partial charge in [-0.25, -0.2) is 4.68 Å². The summed E-state index contributed by atoms with van der Waals surface area (Å²) in [7, 11) is 0. The van der Waals surface area contributed by atoms with Crippen LogP contribution in [0.25, 0.3) is 0 Å². The largest absolute Gasteiger partial charge is 0.282 e. The molecule has 0 fully saturated rings. The van der Waals surface area contributed by atoms with Crippen molar-refractivity contribution in [3.63, 3.8) is 0 Å². The molecule has 1 aliphatic heterocycles. The number of imide groups is 1. The zero-order chi connectivity index (χ0) is 19.8. The molecule has 6 nitrogen and oxygen atoms in total. The molecule has 3 aromatic rings. The highest BCUT2D eigenvalue weighted by Gasteiger charge is 2.35. The summed E-state index contributed by atoms with van der Waals surface area (Å²) in [6.07, 6.45) is 1.39. The first kappa shape index (κ1) is 18.4. The molecule has 0 radical (unpaired) electrons. The molecule has 0 atom stereocenters. The van der Waals surface area contributed by atoms with Gasteiger partial charge in [0.2, 0.25) is 0 Å². The molecule has 8 heteroatoms. The van der Waals surface area contributed by atoms with Gasteiger partial charge in [0.05, 0.1) is 35.1 Å². The van der Waals surface area contributed by atoms with E-state index in [-0.39, 0.29) is 0 Å². The predicted molar refractivity (Wildman–Crippen MR) is 107 cm³/mol. The summed E-state index contributed by atoms with van der Waals surface area (Å²) in [5.74, 6) is -0.918. The molecule has 0 bridgehead atoms. The maximum atomic E-state index is 12.4. The molecule has 0 aliphatic carbocycles.